The fraction of sp³-hybridized carbons (Fsp3) is 0.375. The van der Waals surface area contributed by atoms with Crippen LogP contribution in [0.15, 0.2) is 46.7 Å². The molecule has 8 heteroatoms. The summed E-state index contributed by atoms with van der Waals surface area (Å²) < 4.78 is 33.4. The third-order valence-corrected chi connectivity index (χ3v) is 8.87. The molecule has 0 N–H and O–H groups in total. The van der Waals surface area contributed by atoms with Gasteiger partial charge in [-0.1, -0.05) is 17.7 Å². The van der Waals surface area contributed by atoms with Crippen LogP contribution in [-0.2, 0) is 16.6 Å². The standard InChI is InChI=1S/C24H29N3O3S2/c1-17-13-18(2)24(19(3)14-17)32(28,29)27-11-9-26(10-12-27)15-23-25-22(16-31-23)20-5-7-21(30-4)8-6-20/h5-8,13-14,16H,9-12,15H2,1-4H3. The van der Waals surface area contributed by atoms with E-state index < -0.39 is 10.0 Å². The van der Waals surface area contributed by atoms with Crippen molar-refractivity contribution in [2.24, 2.45) is 0 Å². The average Bonchev–Trinajstić information content (AvgIpc) is 3.21. The molecule has 3 aromatic rings. The van der Waals surface area contributed by atoms with Crippen molar-refractivity contribution in [3.8, 4) is 17.0 Å². The number of hydrogen-bond donors (Lipinski definition) is 0. The topological polar surface area (TPSA) is 62.7 Å². The van der Waals surface area contributed by atoms with Gasteiger partial charge in [0.15, 0.2) is 0 Å². The highest BCUT2D eigenvalue weighted by atomic mass is 32.2. The van der Waals surface area contributed by atoms with E-state index in [1.807, 2.05) is 57.2 Å². The molecular weight excluding hydrogens is 442 g/mol. The molecule has 170 valence electrons. The first-order valence-electron chi connectivity index (χ1n) is 10.7. The van der Waals surface area contributed by atoms with Crippen LogP contribution in [0.2, 0.25) is 0 Å². The van der Waals surface area contributed by atoms with Crippen LogP contribution < -0.4 is 4.74 Å². The normalized spacial score (nSPS) is 15.8. The molecule has 0 unspecified atom stereocenters. The van der Waals surface area contributed by atoms with Gasteiger partial charge >= 0.3 is 0 Å². The summed E-state index contributed by atoms with van der Waals surface area (Å²) in [5.74, 6) is 0.827. The van der Waals surface area contributed by atoms with Crippen LogP contribution in [0.3, 0.4) is 0 Å². The molecule has 1 aromatic heterocycles. The average molecular weight is 472 g/mol. The van der Waals surface area contributed by atoms with Crippen molar-refractivity contribution >= 4 is 21.4 Å². The Bertz CT molecular complexity index is 1170. The van der Waals surface area contributed by atoms with Crippen LogP contribution in [-0.4, -0.2) is 55.9 Å². The van der Waals surface area contributed by atoms with Gasteiger partial charge in [0, 0.05) is 37.1 Å². The van der Waals surface area contributed by atoms with E-state index in [-0.39, 0.29) is 0 Å². The third-order valence-electron chi connectivity index (χ3n) is 5.83. The number of rotatable bonds is 6. The molecule has 2 heterocycles. The highest BCUT2D eigenvalue weighted by Gasteiger charge is 2.31. The monoisotopic (exact) mass is 471 g/mol. The summed E-state index contributed by atoms with van der Waals surface area (Å²) in [4.78, 5) is 7.52. The van der Waals surface area contributed by atoms with Crippen molar-refractivity contribution in [1.29, 1.82) is 0 Å². The van der Waals surface area contributed by atoms with Gasteiger partial charge in [0.25, 0.3) is 0 Å². The Morgan fingerprint density at radius 1 is 1.00 bits per heavy atom. The summed E-state index contributed by atoms with van der Waals surface area (Å²) >= 11 is 1.64. The molecule has 1 fully saturated rings. The Morgan fingerprint density at radius 3 is 2.22 bits per heavy atom. The molecule has 0 amide bonds. The largest absolute Gasteiger partial charge is 0.497 e. The number of nitrogens with zero attached hydrogens (tertiary/aromatic N) is 3. The summed E-state index contributed by atoms with van der Waals surface area (Å²) in [7, 11) is -1.83. The maximum Gasteiger partial charge on any atom is 0.243 e. The number of hydrogen-bond acceptors (Lipinski definition) is 6. The molecular formula is C24H29N3O3S2. The summed E-state index contributed by atoms with van der Waals surface area (Å²) in [5, 5.41) is 3.11. The lowest BCUT2D eigenvalue weighted by Gasteiger charge is -2.34. The summed E-state index contributed by atoms with van der Waals surface area (Å²) in [6.07, 6.45) is 0. The number of thiazole rings is 1. The molecule has 0 saturated carbocycles. The van der Waals surface area contributed by atoms with Crippen LogP contribution >= 0.6 is 11.3 Å². The second-order valence-corrected chi connectivity index (χ2v) is 11.1. The Labute approximate surface area is 194 Å². The lowest BCUT2D eigenvalue weighted by molar-refractivity contribution is 0.181. The molecule has 4 rings (SSSR count). The molecule has 0 bridgehead atoms. The summed E-state index contributed by atoms with van der Waals surface area (Å²) in [6.45, 7) is 8.86. The fourth-order valence-electron chi connectivity index (χ4n) is 4.30. The predicted molar refractivity (Wildman–Crippen MR) is 129 cm³/mol. The van der Waals surface area contributed by atoms with Gasteiger partial charge in [-0.05, 0) is 56.2 Å². The SMILES string of the molecule is COc1ccc(-c2csc(CN3CCN(S(=O)(=O)c4c(C)cc(C)cc4C)CC3)n2)cc1. The van der Waals surface area contributed by atoms with E-state index in [2.05, 4.69) is 10.3 Å². The molecule has 0 radical (unpaired) electrons. The first kappa shape index (κ1) is 22.9. The molecule has 6 nitrogen and oxygen atoms in total. The lowest BCUT2D eigenvalue weighted by atomic mass is 10.1. The number of aryl methyl sites for hydroxylation is 3. The van der Waals surface area contributed by atoms with Crippen LogP contribution in [0.5, 0.6) is 5.75 Å². The van der Waals surface area contributed by atoms with Crippen molar-refractivity contribution in [2.45, 2.75) is 32.2 Å². The van der Waals surface area contributed by atoms with Crippen molar-refractivity contribution in [3.63, 3.8) is 0 Å². The van der Waals surface area contributed by atoms with Crippen molar-refractivity contribution in [3.05, 3.63) is 63.5 Å². The Kier molecular flexibility index (Phi) is 6.67. The molecule has 0 aliphatic carbocycles. The van der Waals surface area contributed by atoms with E-state index in [0.29, 0.717) is 31.1 Å². The van der Waals surface area contributed by atoms with Crippen LogP contribution in [0.1, 0.15) is 21.7 Å². The zero-order valence-electron chi connectivity index (χ0n) is 19.0. The van der Waals surface area contributed by atoms with Gasteiger partial charge in [0.1, 0.15) is 10.8 Å². The molecule has 0 atom stereocenters. The van der Waals surface area contributed by atoms with Crippen LogP contribution in [0.25, 0.3) is 11.3 Å². The van der Waals surface area contributed by atoms with Crippen molar-refractivity contribution < 1.29 is 13.2 Å². The Balaban J connectivity index is 1.40. The van der Waals surface area contributed by atoms with Gasteiger partial charge in [-0.3, -0.25) is 4.90 Å². The fourth-order valence-corrected chi connectivity index (χ4v) is 6.98. The molecule has 32 heavy (non-hydrogen) atoms. The van der Waals surface area contributed by atoms with Gasteiger partial charge in [-0.25, -0.2) is 13.4 Å². The number of ether oxygens (including phenoxy) is 1. The van der Waals surface area contributed by atoms with Gasteiger partial charge in [-0.15, -0.1) is 11.3 Å². The zero-order valence-corrected chi connectivity index (χ0v) is 20.6. The van der Waals surface area contributed by atoms with Crippen molar-refractivity contribution in [2.75, 3.05) is 33.3 Å². The van der Waals surface area contributed by atoms with E-state index in [0.717, 1.165) is 45.2 Å². The van der Waals surface area contributed by atoms with Crippen LogP contribution in [0, 0.1) is 20.8 Å². The number of benzene rings is 2. The van der Waals surface area contributed by atoms with Gasteiger partial charge in [0.05, 0.1) is 24.2 Å². The maximum absolute atomic E-state index is 13.3. The smallest absolute Gasteiger partial charge is 0.243 e. The number of sulfonamides is 1. The molecule has 1 saturated heterocycles. The van der Waals surface area contributed by atoms with Gasteiger partial charge in [-0.2, -0.15) is 4.31 Å². The van der Waals surface area contributed by atoms with Gasteiger partial charge < -0.3 is 4.74 Å². The summed E-state index contributed by atoms with van der Waals surface area (Å²) in [5.41, 5.74) is 4.74. The Hall–Kier alpha value is -2.26. The molecule has 2 aromatic carbocycles. The minimum absolute atomic E-state index is 0.459. The summed E-state index contributed by atoms with van der Waals surface area (Å²) in [6, 6.07) is 11.8. The van der Waals surface area contributed by atoms with E-state index in [1.165, 1.54) is 0 Å². The quantitative estimate of drug-likeness (QED) is 0.538. The number of methoxy groups -OCH3 is 1. The lowest BCUT2D eigenvalue weighted by Crippen LogP contribution is -2.48. The second kappa shape index (κ2) is 9.31. The predicted octanol–water partition coefficient (Wildman–Crippen LogP) is 4.25. The minimum Gasteiger partial charge on any atom is -0.497 e. The second-order valence-electron chi connectivity index (χ2n) is 8.26. The van der Waals surface area contributed by atoms with E-state index >= 15 is 0 Å². The third kappa shape index (κ3) is 4.73. The van der Waals surface area contributed by atoms with Crippen molar-refractivity contribution in [1.82, 2.24) is 14.2 Å². The highest BCUT2D eigenvalue weighted by molar-refractivity contribution is 7.89. The molecule has 1 aliphatic heterocycles. The maximum atomic E-state index is 13.3. The highest BCUT2D eigenvalue weighted by Crippen LogP contribution is 2.27. The first-order valence-corrected chi connectivity index (χ1v) is 13.0. The molecule has 1 aliphatic rings. The first-order chi connectivity index (χ1) is 15.3. The van der Waals surface area contributed by atoms with Gasteiger partial charge in [0.2, 0.25) is 10.0 Å². The Morgan fingerprint density at radius 2 is 1.62 bits per heavy atom. The van der Waals surface area contributed by atoms with E-state index in [1.54, 1.807) is 22.8 Å². The minimum atomic E-state index is -3.49. The van der Waals surface area contributed by atoms with E-state index in [9.17, 15) is 8.42 Å². The molecule has 0 spiro atoms. The zero-order chi connectivity index (χ0) is 22.9. The van der Waals surface area contributed by atoms with Crippen LogP contribution in [0.4, 0.5) is 0 Å². The number of piperazine rings is 1. The number of aromatic nitrogens is 1. The van der Waals surface area contributed by atoms with E-state index in [4.69, 9.17) is 9.72 Å².